The van der Waals surface area contributed by atoms with E-state index < -0.39 is 10.0 Å². The Kier molecular flexibility index (Phi) is 6.97. The van der Waals surface area contributed by atoms with Crippen molar-refractivity contribution in [3.8, 4) is 5.75 Å². The van der Waals surface area contributed by atoms with Gasteiger partial charge >= 0.3 is 6.03 Å². The van der Waals surface area contributed by atoms with Gasteiger partial charge in [-0.3, -0.25) is 0 Å². The van der Waals surface area contributed by atoms with Crippen LogP contribution >= 0.6 is 0 Å². The molecule has 0 bridgehead atoms. The van der Waals surface area contributed by atoms with Crippen LogP contribution in [0.1, 0.15) is 5.56 Å². The molecule has 0 aliphatic heterocycles. The molecule has 7 nitrogen and oxygen atoms in total. The van der Waals surface area contributed by atoms with Gasteiger partial charge in [0.15, 0.2) is 0 Å². The van der Waals surface area contributed by atoms with Gasteiger partial charge in [0.1, 0.15) is 12.4 Å². The number of urea groups is 1. The van der Waals surface area contributed by atoms with Crippen LogP contribution in [0.25, 0.3) is 0 Å². The largest absolute Gasteiger partial charge is 0.492 e. The second kappa shape index (κ2) is 8.48. The Morgan fingerprint density at radius 2 is 1.90 bits per heavy atom. The summed E-state index contributed by atoms with van der Waals surface area (Å²) < 4.78 is 29.3. The molecule has 2 amide bonds. The van der Waals surface area contributed by atoms with E-state index in [1.165, 1.54) is 0 Å². The molecule has 0 saturated carbocycles. The number of hydrogen-bond acceptors (Lipinski definition) is 4. The number of sulfonamides is 1. The van der Waals surface area contributed by atoms with Crippen LogP contribution in [0.15, 0.2) is 24.3 Å². The fourth-order valence-corrected chi connectivity index (χ4v) is 1.99. The van der Waals surface area contributed by atoms with Crippen molar-refractivity contribution in [3.05, 3.63) is 29.8 Å². The van der Waals surface area contributed by atoms with Crippen LogP contribution in [0.3, 0.4) is 0 Å². The molecule has 0 spiro atoms. The minimum atomic E-state index is -3.22. The zero-order chi connectivity index (χ0) is 15.7. The molecule has 1 aromatic rings. The summed E-state index contributed by atoms with van der Waals surface area (Å²) in [7, 11) is -3.22. The highest BCUT2D eigenvalue weighted by atomic mass is 32.2. The van der Waals surface area contributed by atoms with E-state index in [-0.39, 0.29) is 19.1 Å². The average molecular weight is 315 g/mol. The molecule has 0 saturated heterocycles. The Hall–Kier alpha value is -1.80. The minimum absolute atomic E-state index is 0.159. The smallest absolute Gasteiger partial charge is 0.314 e. The van der Waals surface area contributed by atoms with E-state index in [2.05, 4.69) is 15.4 Å². The zero-order valence-corrected chi connectivity index (χ0v) is 13.0. The van der Waals surface area contributed by atoms with Crippen molar-refractivity contribution >= 4 is 16.1 Å². The van der Waals surface area contributed by atoms with Gasteiger partial charge in [0.05, 0.1) is 12.8 Å². The van der Waals surface area contributed by atoms with Crippen LogP contribution in [-0.2, 0) is 10.0 Å². The number of nitrogens with one attached hydrogen (secondary N) is 3. The van der Waals surface area contributed by atoms with Crippen LogP contribution in [0.4, 0.5) is 4.79 Å². The first-order valence-electron chi connectivity index (χ1n) is 6.52. The van der Waals surface area contributed by atoms with E-state index in [0.717, 1.165) is 17.6 Å². The highest BCUT2D eigenvalue weighted by molar-refractivity contribution is 7.88. The summed E-state index contributed by atoms with van der Waals surface area (Å²) in [6.45, 7) is 3.07. The van der Waals surface area contributed by atoms with E-state index in [1.807, 2.05) is 31.2 Å². The fourth-order valence-electron chi connectivity index (χ4n) is 1.51. The first kappa shape index (κ1) is 17.3. The SMILES string of the molecule is Cc1cccc(OCCNC(=O)NCCNS(C)(=O)=O)c1. The number of aryl methyl sites for hydroxylation is 1. The van der Waals surface area contributed by atoms with E-state index in [9.17, 15) is 13.2 Å². The summed E-state index contributed by atoms with van der Waals surface area (Å²) in [6, 6.07) is 7.28. The third-order valence-corrected chi connectivity index (χ3v) is 3.15. The maximum Gasteiger partial charge on any atom is 0.314 e. The summed E-state index contributed by atoms with van der Waals surface area (Å²) in [5, 5.41) is 5.14. The zero-order valence-electron chi connectivity index (χ0n) is 12.2. The molecule has 118 valence electrons. The predicted octanol–water partition coefficient (Wildman–Crippen LogP) is 0.222. The van der Waals surface area contributed by atoms with Gasteiger partial charge in [0.25, 0.3) is 0 Å². The molecule has 0 aliphatic rings. The number of carbonyl (C=O) groups is 1. The Balaban J connectivity index is 2.08. The number of amides is 2. The Labute approximate surface area is 125 Å². The maximum atomic E-state index is 11.4. The van der Waals surface area contributed by atoms with Crippen molar-refractivity contribution in [1.29, 1.82) is 0 Å². The second-order valence-electron chi connectivity index (χ2n) is 4.51. The van der Waals surface area contributed by atoms with Gasteiger partial charge in [-0.25, -0.2) is 17.9 Å². The van der Waals surface area contributed by atoms with Crippen molar-refractivity contribution in [1.82, 2.24) is 15.4 Å². The average Bonchev–Trinajstić information content (AvgIpc) is 2.39. The third kappa shape index (κ3) is 8.87. The number of rotatable bonds is 8. The van der Waals surface area contributed by atoms with E-state index >= 15 is 0 Å². The number of hydrogen-bond donors (Lipinski definition) is 3. The molecule has 0 radical (unpaired) electrons. The monoisotopic (exact) mass is 315 g/mol. The topological polar surface area (TPSA) is 96.5 Å². The molecule has 3 N–H and O–H groups in total. The van der Waals surface area contributed by atoms with Crippen LogP contribution in [-0.4, -0.2) is 46.9 Å². The lowest BCUT2D eigenvalue weighted by Crippen LogP contribution is -2.41. The molecule has 8 heteroatoms. The lowest BCUT2D eigenvalue weighted by molar-refractivity contribution is 0.236. The molecule has 0 atom stereocenters. The Morgan fingerprint density at radius 3 is 2.57 bits per heavy atom. The van der Waals surface area contributed by atoms with Crippen LogP contribution in [0.5, 0.6) is 5.75 Å². The van der Waals surface area contributed by atoms with Gasteiger partial charge < -0.3 is 15.4 Å². The molecule has 0 aliphatic carbocycles. The van der Waals surface area contributed by atoms with Gasteiger partial charge in [0.2, 0.25) is 10.0 Å². The van der Waals surface area contributed by atoms with Crippen molar-refractivity contribution in [2.45, 2.75) is 6.92 Å². The van der Waals surface area contributed by atoms with Gasteiger partial charge in [-0.15, -0.1) is 0 Å². The van der Waals surface area contributed by atoms with Crippen molar-refractivity contribution in [2.24, 2.45) is 0 Å². The lowest BCUT2D eigenvalue weighted by atomic mass is 10.2. The normalized spacial score (nSPS) is 11.0. The van der Waals surface area contributed by atoms with Gasteiger partial charge in [0, 0.05) is 13.1 Å². The van der Waals surface area contributed by atoms with Crippen molar-refractivity contribution < 1.29 is 17.9 Å². The van der Waals surface area contributed by atoms with Crippen molar-refractivity contribution in [2.75, 3.05) is 32.5 Å². The minimum Gasteiger partial charge on any atom is -0.492 e. The summed E-state index contributed by atoms with van der Waals surface area (Å²) >= 11 is 0. The first-order chi connectivity index (χ1) is 9.87. The molecule has 0 fully saturated rings. The highest BCUT2D eigenvalue weighted by Gasteiger charge is 2.02. The van der Waals surface area contributed by atoms with Gasteiger partial charge in [-0.2, -0.15) is 0 Å². The molecule has 0 unspecified atom stereocenters. The highest BCUT2D eigenvalue weighted by Crippen LogP contribution is 2.11. The summed E-state index contributed by atoms with van der Waals surface area (Å²) in [5.41, 5.74) is 1.11. The lowest BCUT2D eigenvalue weighted by Gasteiger charge is -2.09. The molecular weight excluding hydrogens is 294 g/mol. The molecule has 1 rings (SSSR count). The fraction of sp³-hybridized carbons (Fsp3) is 0.462. The van der Waals surface area contributed by atoms with Crippen LogP contribution in [0, 0.1) is 6.92 Å². The molecule has 0 heterocycles. The molecule has 21 heavy (non-hydrogen) atoms. The molecule has 0 aromatic heterocycles. The molecular formula is C13H21N3O4S. The third-order valence-electron chi connectivity index (χ3n) is 2.42. The predicted molar refractivity (Wildman–Crippen MR) is 80.9 cm³/mol. The summed E-state index contributed by atoms with van der Waals surface area (Å²) in [4.78, 5) is 11.4. The first-order valence-corrected chi connectivity index (χ1v) is 8.42. The van der Waals surface area contributed by atoms with Crippen molar-refractivity contribution in [3.63, 3.8) is 0 Å². The van der Waals surface area contributed by atoms with Crippen LogP contribution in [0.2, 0.25) is 0 Å². The summed E-state index contributed by atoms with van der Waals surface area (Å²) in [6.07, 6.45) is 1.07. The van der Waals surface area contributed by atoms with E-state index in [4.69, 9.17) is 4.74 Å². The standard InChI is InChI=1S/C13H21N3O4S/c1-11-4-3-5-12(10-11)20-9-8-15-13(17)14-6-7-16-21(2,18)19/h3-5,10,16H,6-9H2,1-2H3,(H2,14,15,17). The Bertz CT molecular complexity index is 560. The Morgan fingerprint density at radius 1 is 1.19 bits per heavy atom. The maximum absolute atomic E-state index is 11.4. The number of ether oxygens (including phenoxy) is 1. The molecule has 1 aromatic carbocycles. The van der Waals surface area contributed by atoms with E-state index in [0.29, 0.717) is 13.2 Å². The van der Waals surface area contributed by atoms with E-state index in [1.54, 1.807) is 0 Å². The second-order valence-corrected chi connectivity index (χ2v) is 6.35. The number of benzene rings is 1. The summed E-state index contributed by atoms with van der Waals surface area (Å²) in [5.74, 6) is 0.759. The van der Waals surface area contributed by atoms with Gasteiger partial charge in [-0.05, 0) is 24.6 Å². The van der Waals surface area contributed by atoms with Gasteiger partial charge in [-0.1, -0.05) is 12.1 Å². The quantitative estimate of drug-likeness (QED) is 0.598. The number of carbonyl (C=O) groups excluding carboxylic acids is 1. The van der Waals surface area contributed by atoms with Crippen LogP contribution < -0.4 is 20.1 Å².